The van der Waals surface area contributed by atoms with E-state index < -0.39 is 0 Å². The summed E-state index contributed by atoms with van der Waals surface area (Å²) >= 11 is 0. The van der Waals surface area contributed by atoms with Crippen molar-refractivity contribution in [2.75, 3.05) is 6.54 Å². The first kappa shape index (κ1) is 12.2. The monoisotopic (exact) mass is 209 g/mol. The first-order valence-electron chi connectivity index (χ1n) is 5.73. The lowest BCUT2D eigenvalue weighted by Crippen LogP contribution is -2.23. The fraction of sp³-hybridized carbons (Fsp3) is 0.750. The Hall–Kier alpha value is -0.830. The highest BCUT2D eigenvalue weighted by molar-refractivity contribution is 4.99. The maximum atomic E-state index is 5.69. The Morgan fingerprint density at radius 2 is 2.13 bits per heavy atom. The molecule has 0 radical (unpaired) electrons. The minimum atomic E-state index is 0.292. The highest BCUT2D eigenvalue weighted by atomic mass is 15.3. The van der Waals surface area contributed by atoms with Crippen molar-refractivity contribution < 1.29 is 0 Å². The second kappa shape index (κ2) is 5.31. The molecule has 0 atom stereocenters. The van der Waals surface area contributed by atoms with Crippen LogP contribution in [0.3, 0.4) is 0 Å². The fourth-order valence-electron chi connectivity index (χ4n) is 1.57. The molecule has 0 saturated heterocycles. The number of nitrogens with two attached hydrogens (primary N) is 1. The number of hydrogen-bond acceptors (Lipinski definition) is 2. The molecule has 86 valence electrons. The predicted octanol–water partition coefficient (Wildman–Crippen LogP) is 2.35. The van der Waals surface area contributed by atoms with Crippen molar-refractivity contribution in [2.24, 2.45) is 11.1 Å². The summed E-state index contributed by atoms with van der Waals surface area (Å²) in [5, 5.41) is 4.26. The first-order chi connectivity index (χ1) is 7.03. The van der Waals surface area contributed by atoms with Crippen molar-refractivity contribution >= 4 is 0 Å². The van der Waals surface area contributed by atoms with Gasteiger partial charge in [-0.05, 0) is 37.3 Å². The van der Waals surface area contributed by atoms with E-state index in [-0.39, 0.29) is 0 Å². The van der Waals surface area contributed by atoms with Crippen molar-refractivity contribution in [2.45, 2.75) is 46.6 Å². The van der Waals surface area contributed by atoms with E-state index in [1.54, 1.807) is 0 Å². The Labute approximate surface area is 92.7 Å². The van der Waals surface area contributed by atoms with Gasteiger partial charge in [-0.3, -0.25) is 4.68 Å². The maximum Gasteiger partial charge on any atom is 0.0518 e. The Morgan fingerprint density at radius 3 is 2.67 bits per heavy atom. The average molecular weight is 209 g/mol. The third-order valence-corrected chi connectivity index (χ3v) is 2.81. The van der Waals surface area contributed by atoms with E-state index in [1.807, 2.05) is 10.9 Å². The zero-order chi connectivity index (χ0) is 11.3. The number of aromatic nitrogens is 2. The van der Waals surface area contributed by atoms with Gasteiger partial charge in [0.1, 0.15) is 0 Å². The minimum absolute atomic E-state index is 0.292. The lowest BCUT2D eigenvalue weighted by atomic mass is 9.87. The SMILES string of the molecule is Cc1cnn(CCCCC(C)(C)CN)c1. The van der Waals surface area contributed by atoms with Crippen LogP contribution in [0, 0.1) is 12.3 Å². The summed E-state index contributed by atoms with van der Waals surface area (Å²) in [7, 11) is 0. The zero-order valence-corrected chi connectivity index (χ0v) is 10.2. The van der Waals surface area contributed by atoms with Gasteiger partial charge in [0.2, 0.25) is 0 Å². The van der Waals surface area contributed by atoms with Gasteiger partial charge in [0.05, 0.1) is 6.20 Å². The fourth-order valence-corrected chi connectivity index (χ4v) is 1.57. The highest BCUT2D eigenvalue weighted by Gasteiger charge is 2.14. The van der Waals surface area contributed by atoms with Crippen LogP contribution in [0.1, 0.15) is 38.7 Å². The lowest BCUT2D eigenvalue weighted by molar-refractivity contribution is 0.327. The molecule has 3 nitrogen and oxygen atoms in total. The summed E-state index contributed by atoms with van der Waals surface area (Å²) in [6.07, 6.45) is 7.61. The van der Waals surface area contributed by atoms with Crippen LogP contribution in [0.2, 0.25) is 0 Å². The van der Waals surface area contributed by atoms with E-state index in [0.717, 1.165) is 13.1 Å². The molecule has 0 aliphatic carbocycles. The third-order valence-electron chi connectivity index (χ3n) is 2.81. The van der Waals surface area contributed by atoms with E-state index in [0.29, 0.717) is 5.41 Å². The molecule has 3 heteroatoms. The standard InChI is InChI=1S/C12H23N3/c1-11-8-14-15(9-11)7-5-4-6-12(2,3)10-13/h8-9H,4-7,10,13H2,1-3H3. The summed E-state index contributed by atoms with van der Waals surface area (Å²) in [5.74, 6) is 0. The summed E-state index contributed by atoms with van der Waals surface area (Å²) in [6.45, 7) is 8.32. The Bertz CT molecular complexity index is 289. The second-order valence-corrected chi connectivity index (χ2v) is 5.11. The number of aryl methyl sites for hydroxylation is 2. The van der Waals surface area contributed by atoms with Crippen LogP contribution < -0.4 is 5.73 Å². The highest BCUT2D eigenvalue weighted by Crippen LogP contribution is 2.21. The predicted molar refractivity (Wildman–Crippen MR) is 63.7 cm³/mol. The van der Waals surface area contributed by atoms with Gasteiger partial charge in [0.15, 0.2) is 0 Å². The van der Waals surface area contributed by atoms with Crippen LogP contribution in [0.5, 0.6) is 0 Å². The largest absolute Gasteiger partial charge is 0.330 e. The molecule has 0 fully saturated rings. The van der Waals surface area contributed by atoms with Gasteiger partial charge in [-0.1, -0.05) is 20.3 Å². The summed E-state index contributed by atoms with van der Waals surface area (Å²) in [5.41, 5.74) is 7.21. The summed E-state index contributed by atoms with van der Waals surface area (Å²) in [4.78, 5) is 0. The molecular formula is C12H23N3. The first-order valence-corrected chi connectivity index (χ1v) is 5.73. The molecule has 0 aromatic carbocycles. The number of unbranched alkanes of at least 4 members (excludes halogenated alkanes) is 1. The van der Waals surface area contributed by atoms with Crippen LogP contribution in [0.4, 0.5) is 0 Å². The molecule has 0 bridgehead atoms. The summed E-state index contributed by atoms with van der Waals surface area (Å²) in [6, 6.07) is 0. The van der Waals surface area contributed by atoms with Crippen molar-refractivity contribution in [1.82, 2.24) is 9.78 Å². The van der Waals surface area contributed by atoms with E-state index in [2.05, 4.69) is 32.1 Å². The molecule has 1 heterocycles. The smallest absolute Gasteiger partial charge is 0.0518 e. The molecule has 0 amide bonds. The molecule has 0 aliphatic rings. The molecule has 1 rings (SSSR count). The molecule has 2 N–H and O–H groups in total. The molecule has 1 aromatic rings. The molecule has 0 unspecified atom stereocenters. The molecule has 0 spiro atoms. The van der Waals surface area contributed by atoms with Crippen molar-refractivity contribution in [3.63, 3.8) is 0 Å². The maximum absolute atomic E-state index is 5.69. The second-order valence-electron chi connectivity index (χ2n) is 5.11. The van der Waals surface area contributed by atoms with E-state index >= 15 is 0 Å². The average Bonchev–Trinajstić information content (AvgIpc) is 2.59. The van der Waals surface area contributed by atoms with Gasteiger partial charge in [-0.2, -0.15) is 5.10 Å². The van der Waals surface area contributed by atoms with Crippen molar-refractivity contribution in [1.29, 1.82) is 0 Å². The quantitative estimate of drug-likeness (QED) is 0.731. The van der Waals surface area contributed by atoms with E-state index in [9.17, 15) is 0 Å². The van der Waals surface area contributed by atoms with Gasteiger partial charge in [0.25, 0.3) is 0 Å². The molecule has 0 saturated carbocycles. The van der Waals surface area contributed by atoms with Crippen LogP contribution in [0.15, 0.2) is 12.4 Å². The normalized spacial score (nSPS) is 12.0. The number of nitrogens with zero attached hydrogens (tertiary/aromatic N) is 2. The molecular weight excluding hydrogens is 186 g/mol. The summed E-state index contributed by atoms with van der Waals surface area (Å²) < 4.78 is 2.02. The van der Waals surface area contributed by atoms with Crippen LogP contribution >= 0.6 is 0 Å². The third kappa shape index (κ3) is 4.47. The topological polar surface area (TPSA) is 43.8 Å². The molecule has 1 aromatic heterocycles. The van der Waals surface area contributed by atoms with E-state index in [4.69, 9.17) is 5.73 Å². The lowest BCUT2D eigenvalue weighted by Gasteiger charge is -2.21. The van der Waals surface area contributed by atoms with E-state index in [1.165, 1.54) is 24.8 Å². The van der Waals surface area contributed by atoms with Crippen LogP contribution in [-0.2, 0) is 6.54 Å². The molecule has 0 aliphatic heterocycles. The number of hydrogen-bond donors (Lipinski definition) is 1. The van der Waals surface area contributed by atoms with Crippen LogP contribution in [-0.4, -0.2) is 16.3 Å². The van der Waals surface area contributed by atoms with Gasteiger partial charge < -0.3 is 5.73 Å². The van der Waals surface area contributed by atoms with Gasteiger partial charge in [-0.15, -0.1) is 0 Å². The Balaban J connectivity index is 2.17. The van der Waals surface area contributed by atoms with Crippen molar-refractivity contribution in [3.05, 3.63) is 18.0 Å². The minimum Gasteiger partial charge on any atom is -0.330 e. The van der Waals surface area contributed by atoms with Gasteiger partial charge >= 0.3 is 0 Å². The van der Waals surface area contributed by atoms with Crippen molar-refractivity contribution in [3.8, 4) is 0 Å². The van der Waals surface area contributed by atoms with Gasteiger partial charge in [-0.25, -0.2) is 0 Å². The Morgan fingerprint density at radius 1 is 1.40 bits per heavy atom. The van der Waals surface area contributed by atoms with Gasteiger partial charge in [0, 0.05) is 12.7 Å². The molecule has 15 heavy (non-hydrogen) atoms. The number of rotatable bonds is 6. The Kier molecular flexibility index (Phi) is 4.33. The zero-order valence-electron chi connectivity index (χ0n) is 10.2. The van der Waals surface area contributed by atoms with Crippen LogP contribution in [0.25, 0.3) is 0 Å².